The number of rotatable bonds is 5. The van der Waals surface area contributed by atoms with Crippen molar-refractivity contribution in [3.8, 4) is 0 Å². The zero-order valence-electron chi connectivity index (χ0n) is 17.2. The van der Waals surface area contributed by atoms with Crippen LogP contribution in [0.1, 0.15) is 35.2 Å². The van der Waals surface area contributed by atoms with Crippen molar-refractivity contribution < 1.29 is 26.4 Å². The van der Waals surface area contributed by atoms with Gasteiger partial charge in [-0.2, -0.15) is 17.5 Å². The molecule has 1 N–H and O–H groups in total. The maximum Gasteiger partial charge on any atom is 0.416 e. The third kappa shape index (κ3) is 5.19. The van der Waals surface area contributed by atoms with Crippen LogP contribution in [0.5, 0.6) is 0 Å². The lowest BCUT2D eigenvalue weighted by atomic mass is 10.1. The van der Waals surface area contributed by atoms with Crippen molar-refractivity contribution in [3.05, 3.63) is 53.6 Å². The second-order valence-corrected chi connectivity index (χ2v) is 9.51. The predicted octanol–water partition coefficient (Wildman–Crippen LogP) is 4.20. The van der Waals surface area contributed by atoms with E-state index in [2.05, 4.69) is 5.32 Å². The van der Waals surface area contributed by atoms with Crippen molar-refractivity contribution in [2.45, 2.75) is 30.3 Å². The Bertz CT molecular complexity index is 1060. The molecule has 0 bridgehead atoms. The van der Waals surface area contributed by atoms with Gasteiger partial charge in [-0.1, -0.05) is 12.5 Å². The second kappa shape index (κ2) is 8.88. The summed E-state index contributed by atoms with van der Waals surface area (Å²) >= 11 is 0. The summed E-state index contributed by atoms with van der Waals surface area (Å²) in [7, 11) is -0.306. The van der Waals surface area contributed by atoms with E-state index < -0.39 is 27.7 Å². The zero-order chi connectivity index (χ0) is 22.8. The average molecular weight is 456 g/mol. The Kier molecular flexibility index (Phi) is 6.61. The van der Waals surface area contributed by atoms with Crippen molar-refractivity contribution in [1.29, 1.82) is 0 Å². The molecule has 0 aromatic heterocycles. The topological polar surface area (TPSA) is 69.7 Å². The van der Waals surface area contributed by atoms with E-state index in [9.17, 15) is 26.4 Å². The lowest BCUT2D eigenvalue weighted by molar-refractivity contribution is -0.137. The van der Waals surface area contributed by atoms with Gasteiger partial charge in [-0.15, -0.1) is 0 Å². The number of sulfonamides is 1. The molecule has 0 unspecified atom stereocenters. The van der Waals surface area contributed by atoms with E-state index in [1.807, 2.05) is 0 Å². The highest BCUT2D eigenvalue weighted by Gasteiger charge is 2.31. The summed E-state index contributed by atoms with van der Waals surface area (Å²) in [6.07, 6.45) is -2.03. The third-order valence-electron chi connectivity index (χ3n) is 5.10. The van der Waals surface area contributed by atoms with E-state index >= 15 is 0 Å². The van der Waals surface area contributed by atoms with Gasteiger partial charge in [-0.3, -0.25) is 4.79 Å². The number of nitrogens with one attached hydrogen (secondary N) is 1. The number of hydrogen-bond donors (Lipinski definition) is 1. The van der Waals surface area contributed by atoms with Crippen molar-refractivity contribution in [1.82, 2.24) is 4.31 Å². The molecular weight excluding hydrogens is 431 g/mol. The molecule has 6 nitrogen and oxygen atoms in total. The van der Waals surface area contributed by atoms with Gasteiger partial charge in [0, 0.05) is 32.7 Å². The van der Waals surface area contributed by atoms with Gasteiger partial charge in [0.15, 0.2) is 0 Å². The van der Waals surface area contributed by atoms with Gasteiger partial charge < -0.3 is 10.2 Å². The van der Waals surface area contributed by atoms with Crippen LogP contribution in [0.25, 0.3) is 0 Å². The Labute approximate surface area is 179 Å². The van der Waals surface area contributed by atoms with Gasteiger partial charge in [0.1, 0.15) is 0 Å². The summed E-state index contributed by atoms with van der Waals surface area (Å²) in [6.45, 7) is 0.868. The highest BCUT2D eigenvalue weighted by atomic mass is 32.2. The normalized spacial score (nSPS) is 15.5. The van der Waals surface area contributed by atoms with E-state index in [1.165, 1.54) is 22.5 Å². The van der Waals surface area contributed by atoms with Crippen LogP contribution in [0.15, 0.2) is 47.4 Å². The quantitative estimate of drug-likeness (QED) is 0.734. The maximum atomic E-state index is 13.0. The number of amides is 1. The molecular formula is C21H24F3N3O3S. The van der Waals surface area contributed by atoms with Crippen LogP contribution < -0.4 is 10.2 Å². The molecule has 10 heteroatoms. The first-order valence-electron chi connectivity index (χ1n) is 9.80. The predicted molar refractivity (Wildman–Crippen MR) is 113 cm³/mol. The van der Waals surface area contributed by atoms with Crippen molar-refractivity contribution in [2.75, 3.05) is 37.4 Å². The fourth-order valence-electron chi connectivity index (χ4n) is 3.45. The summed E-state index contributed by atoms with van der Waals surface area (Å²) in [6, 6.07) is 8.46. The minimum Gasteiger partial charge on any atom is -0.376 e. The summed E-state index contributed by atoms with van der Waals surface area (Å²) in [5, 5.41) is 2.57. The molecule has 31 heavy (non-hydrogen) atoms. The van der Waals surface area contributed by atoms with Crippen molar-refractivity contribution >= 4 is 27.3 Å². The average Bonchev–Trinajstić information content (AvgIpc) is 2.73. The highest BCUT2D eigenvalue weighted by Crippen LogP contribution is 2.32. The Morgan fingerprint density at radius 1 is 1.03 bits per heavy atom. The third-order valence-corrected chi connectivity index (χ3v) is 7.00. The minimum atomic E-state index is -4.58. The molecule has 2 aromatic rings. The number of nitrogens with zero attached hydrogens (tertiary/aromatic N) is 2. The van der Waals surface area contributed by atoms with E-state index in [0.29, 0.717) is 18.8 Å². The van der Waals surface area contributed by atoms with Crippen LogP contribution in [-0.4, -0.2) is 45.8 Å². The molecule has 0 saturated carbocycles. The van der Waals surface area contributed by atoms with Crippen molar-refractivity contribution in [3.63, 3.8) is 0 Å². The fraction of sp³-hybridized carbons (Fsp3) is 0.381. The van der Waals surface area contributed by atoms with Gasteiger partial charge >= 0.3 is 6.18 Å². The molecule has 1 saturated heterocycles. The summed E-state index contributed by atoms with van der Waals surface area (Å²) < 4.78 is 66.4. The molecule has 1 aliphatic heterocycles. The van der Waals surface area contributed by atoms with Gasteiger partial charge in [0.2, 0.25) is 10.0 Å². The Hall–Kier alpha value is -2.59. The van der Waals surface area contributed by atoms with Gasteiger partial charge in [-0.05, 0) is 49.2 Å². The molecule has 1 fully saturated rings. The van der Waals surface area contributed by atoms with E-state index in [4.69, 9.17) is 0 Å². The standard InChI is InChI=1S/C21H24F3N3O3S/c1-26(2)19-10-9-17(31(29,30)27-11-4-3-5-12-27)14-18(19)25-20(28)15-7-6-8-16(13-15)21(22,23)24/h6-10,13-14H,3-5,11-12H2,1-2H3,(H,25,28). The van der Waals surface area contributed by atoms with Crippen LogP contribution in [0.3, 0.4) is 0 Å². The Balaban J connectivity index is 1.94. The molecule has 1 amide bonds. The van der Waals surface area contributed by atoms with Crippen LogP contribution >= 0.6 is 0 Å². The Morgan fingerprint density at radius 2 is 1.71 bits per heavy atom. The number of hydrogen-bond acceptors (Lipinski definition) is 4. The number of anilines is 2. The second-order valence-electron chi connectivity index (χ2n) is 7.57. The summed E-state index contributed by atoms with van der Waals surface area (Å²) in [5.41, 5.74) is -0.387. The molecule has 0 spiro atoms. The molecule has 0 aliphatic carbocycles. The van der Waals surface area contributed by atoms with Crippen LogP contribution in [0.2, 0.25) is 0 Å². The molecule has 1 aliphatic rings. The first-order valence-corrected chi connectivity index (χ1v) is 11.2. The monoisotopic (exact) mass is 455 g/mol. The number of benzene rings is 2. The van der Waals surface area contributed by atoms with Crippen LogP contribution in [-0.2, 0) is 16.2 Å². The summed E-state index contributed by atoms with van der Waals surface area (Å²) in [4.78, 5) is 14.4. The number of piperidine rings is 1. The zero-order valence-corrected chi connectivity index (χ0v) is 18.1. The van der Waals surface area contributed by atoms with Gasteiger partial charge in [0.25, 0.3) is 5.91 Å². The van der Waals surface area contributed by atoms with Crippen molar-refractivity contribution in [2.24, 2.45) is 0 Å². The SMILES string of the molecule is CN(C)c1ccc(S(=O)(=O)N2CCCCC2)cc1NC(=O)c1cccc(C(F)(F)F)c1. The van der Waals surface area contributed by atoms with E-state index in [0.717, 1.165) is 37.5 Å². The molecule has 168 valence electrons. The highest BCUT2D eigenvalue weighted by molar-refractivity contribution is 7.89. The molecule has 0 radical (unpaired) electrons. The lowest BCUT2D eigenvalue weighted by Crippen LogP contribution is -2.35. The number of halogens is 3. The maximum absolute atomic E-state index is 13.0. The van der Waals surface area contributed by atoms with E-state index in [-0.39, 0.29) is 16.1 Å². The van der Waals surface area contributed by atoms with Gasteiger partial charge in [-0.25, -0.2) is 8.42 Å². The lowest BCUT2D eigenvalue weighted by Gasteiger charge is -2.26. The summed E-state index contributed by atoms with van der Waals surface area (Å²) in [5.74, 6) is -0.762. The largest absolute Gasteiger partial charge is 0.416 e. The number of carbonyl (C=O) groups excluding carboxylic acids is 1. The number of carbonyl (C=O) groups is 1. The minimum absolute atomic E-state index is 0.0272. The van der Waals surface area contributed by atoms with E-state index in [1.54, 1.807) is 25.1 Å². The van der Waals surface area contributed by atoms with Crippen LogP contribution in [0, 0.1) is 0 Å². The van der Waals surface area contributed by atoms with Crippen LogP contribution in [0.4, 0.5) is 24.5 Å². The molecule has 1 heterocycles. The fourth-order valence-corrected chi connectivity index (χ4v) is 5.00. The number of alkyl halides is 3. The molecule has 3 rings (SSSR count). The first kappa shape index (κ1) is 23.1. The molecule has 2 aromatic carbocycles. The Morgan fingerprint density at radius 3 is 2.32 bits per heavy atom. The molecule has 0 atom stereocenters. The van der Waals surface area contributed by atoms with Gasteiger partial charge in [0.05, 0.1) is 21.8 Å². The first-order chi connectivity index (χ1) is 14.5. The smallest absolute Gasteiger partial charge is 0.376 e.